The molecule has 0 radical (unpaired) electrons. The Morgan fingerprint density at radius 1 is 1.08 bits per heavy atom. The number of hydrogen-bond donors (Lipinski definition) is 1. The molecule has 0 saturated heterocycles. The molecule has 0 heterocycles. The molecule has 0 aromatic heterocycles. The lowest BCUT2D eigenvalue weighted by Gasteiger charge is -2.08. The lowest BCUT2D eigenvalue weighted by Crippen LogP contribution is -2.11. The molecule has 0 aliphatic rings. The van der Waals surface area contributed by atoms with Crippen molar-refractivity contribution in [3.63, 3.8) is 0 Å². The Labute approximate surface area is 145 Å². The van der Waals surface area contributed by atoms with Gasteiger partial charge in [0.1, 0.15) is 5.75 Å². The Balaban J connectivity index is 1.91. The molecule has 2 aromatic carbocycles. The number of benzene rings is 2. The average molecular weight is 345 g/mol. The normalized spacial score (nSPS) is 10.1. The number of thioether (sulfide) groups is 1. The lowest BCUT2D eigenvalue weighted by atomic mass is 10.2. The molecule has 0 spiro atoms. The number of amides is 1. The van der Waals surface area contributed by atoms with Crippen molar-refractivity contribution < 1.29 is 19.1 Å². The Morgan fingerprint density at radius 3 is 2.50 bits per heavy atom. The molecule has 24 heavy (non-hydrogen) atoms. The molecule has 0 aliphatic carbocycles. The molecule has 0 bridgehead atoms. The van der Waals surface area contributed by atoms with Gasteiger partial charge in [-0.2, -0.15) is 0 Å². The summed E-state index contributed by atoms with van der Waals surface area (Å²) < 4.78 is 9.71. The Hall–Kier alpha value is -2.47. The summed E-state index contributed by atoms with van der Waals surface area (Å²) in [4.78, 5) is 23.3. The van der Waals surface area contributed by atoms with Crippen LogP contribution in [-0.4, -0.2) is 31.8 Å². The first kappa shape index (κ1) is 17.9. The number of anilines is 1. The Bertz CT molecular complexity index is 700. The first-order valence-electron chi connectivity index (χ1n) is 7.31. The molecule has 0 atom stereocenters. The zero-order valence-electron chi connectivity index (χ0n) is 13.6. The first-order chi connectivity index (χ1) is 11.6. The SMILES string of the molecule is COC(=O)CSCc1ccc(NC(=O)c2cccc(OC)c2)cc1. The van der Waals surface area contributed by atoms with Crippen molar-refractivity contribution in [1.29, 1.82) is 0 Å². The third-order valence-electron chi connectivity index (χ3n) is 3.26. The Morgan fingerprint density at radius 2 is 1.83 bits per heavy atom. The third-order valence-corrected chi connectivity index (χ3v) is 4.24. The number of carbonyl (C=O) groups excluding carboxylic acids is 2. The number of hydrogen-bond acceptors (Lipinski definition) is 5. The second-order valence-corrected chi connectivity index (χ2v) is 5.94. The molecule has 2 aromatic rings. The fourth-order valence-corrected chi connectivity index (χ4v) is 2.78. The summed E-state index contributed by atoms with van der Waals surface area (Å²) in [5.74, 6) is 1.24. The molecule has 5 nitrogen and oxygen atoms in total. The maximum Gasteiger partial charge on any atom is 0.315 e. The summed E-state index contributed by atoms with van der Waals surface area (Å²) in [6.07, 6.45) is 0. The van der Waals surface area contributed by atoms with E-state index in [1.807, 2.05) is 24.3 Å². The van der Waals surface area contributed by atoms with Gasteiger partial charge in [0, 0.05) is 17.0 Å². The second kappa shape index (κ2) is 8.98. The van der Waals surface area contributed by atoms with Crippen molar-refractivity contribution in [3.8, 4) is 5.75 Å². The fourth-order valence-electron chi connectivity index (χ4n) is 1.96. The highest BCUT2D eigenvalue weighted by Gasteiger charge is 2.07. The van der Waals surface area contributed by atoms with Crippen molar-refractivity contribution in [2.24, 2.45) is 0 Å². The summed E-state index contributed by atoms with van der Waals surface area (Å²) in [5.41, 5.74) is 2.32. The van der Waals surface area contributed by atoms with E-state index >= 15 is 0 Å². The van der Waals surface area contributed by atoms with Gasteiger partial charge in [-0.1, -0.05) is 18.2 Å². The van der Waals surface area contributed by atoms with Gasteiger partial charge in [-0.25, -0.2) is 0 Å². The monoisotopic (exact) mass is 345 g/mol. The van der Waals surface area contributed by atoms with Crippen molar-refractivity contribution >= 4 is 29.3 Å². The molecule has 1 amide bonds. The van der Waals surface area contributed by atoms with E-state index in [0.717, 1.165) is 5.56 Å². The van der Waals surface area contributed by atoms with Crippen LogP contribution >= 0.6 is 11.8 Å². The summed E-state index contributed by atoms with van der Waals surface area (Å²) in [6, 6.07) is 14.5. The van der Waals surface area contributed by atoms with Crippen LogP contribution < -0.4 is 10.1 Å². The highest BCUT2D eigenvalue weighted by Crippen LogP contribution is 2.17. The highest BCUT2D eigenvalue weighted by atomic mass is 32.2. The van der Waals surface area contributed by atoms with Gasteiger partial charge >= 0.3 is 5.97 Å². The minimum absolute atomic E-state index is 0.193. The predicted octanol–water partition coefficient (Wildman–Crippen LogP) is 3.35. The van der Waals surface area contributed by atoms with Crippen LogP contribution in [0, 0.1) is 0 Å². The van der Waals surface area contributed by atoms with Crippen LogP contribution in [0.2, 0.25) is 0 Å². The van der Waals surface area contributed by atoms with E-state index in [9.17, 15) is 9.59 Å². The maximum atomic E-state index is 12.2. The van der Waals surface area contributed by atoms with Gasteiger partial charge in [0.2, 0.25) is 0 Å². The first-order valence-corrected chi connectivity index (χ1v) is 8.46. The van der Waals surface area contributed by atoms with Gasteiger partial charge in [0.25, 0.3) is 5.91 Å². The summed E-state index contributed by atoms with van der Waals surface area (Å²) >= 11 is 1.48. The topological polar surface area (TPSA) is 64.6 Å². The summed E-state index contributed by atoms with van der Waals surface area (Å²) in [6.45, 7) is 0. The van der Waals surface area contributed by atoms with Crippen molar-refractivity contribution in [2.45, 2.75) is 5.75 Å². The van der Waals surface area contributed by atoms with E-state index in [-0.39, 0.29) is 11.9 Å². The summed E-state index contributed by atoms with van der Waals surface area (Å²) in [5, 5.41) is 2.84. The quantitative estimate of drug-likeness (QED) is 0.780. The maximum absolute atomic E-state index is 12.2. The minimum atomic E-state index is -0.234. The summed E-state index contributed by atoms with van der Waals surface area (Å²) in [7, 11) is 2.94. The fraction of sp³-hybridized carbons (Fsp3) is 0.222. The van der Waals surface area contributed by atoms with Gasteiger partial charge in [-0.3, -0.25) is 9.59 Å². The molecule has 126 valence electrons. The van der Waals surface area contributed by atoms with Crippen molar-refractivity contribution in [3.05, 3.63) is 59.7 Å². The van der Waals surface area contributed by atoms with E-state index < -0.39 is 0 Å². The van der Waals surface area contributed by atoms with E-state index in [1.165, 1.54) is 18.9 Å². The number of ether oxygens (including phenoxy) is 2. The average Bonchev–Trinajstić information content (AvgIpc) is 2.63. The number of rotatable bonds is 7. The molecule has 0 aliphatic heterocycles. The van der Waals surface area contributed by atoms with E-state index in [1.54, 1.807) is 31.4 Å². The third kappa shape index (κ3) is 5.31. The van der Waals surface area contributed by atoms with E-state index in [4.69, 9.17) is 4.74 Å². The van der Waals surface area contributed by atoms with Crippen molar-refractivity contribution in [1.82, 2.24) is 0 Å². The van der Waals surface area contributed by atoms with Crippen LogP contribution in [0.15, 0.2) is 48.5 Å². The molecular weight excluding hydrogens is 326 g/mol. The largest absolute Gasteiger partial charge is 0.497 e. The zero-order chi connectivity index (χ0) is 17.4. The van der Waals surface area contributed by atoms with Crippen LogP contribution in [0.25, 0.3) is 0 Å². The second-order valence-electron chi connectivity index (χ2n) is 4.95. The molecule has 0 saturated carbocycles. The van der Waals surface area contributed by atoms with Gasteiger partial charge in [0.05, 0.1) is 20.0 Å². The molecule has 0 fully saturated rings. The van der Waals surface area contributed by atoms with E-state index in [2.05, 4.69) is 10.1 Å². The predicted molar refractivity (Wildman–Crippen MR) is 95.6 cm³/mol. The van der Waals surface area contributed by atoms with Crippen LogP contribution in [-0.2, 0) is 15.3 Å². The Kier molecular flexibility index (Phi) is 6.69. The zero-order valence-corrected chi connectivity index (χ0v) is 14.4. The van der Waals surface area contributed by atoms with E-state index in [0.29, 0.717) is 28.5 Å². The molecule has 2 rings (SSSR count). The van der Waals surface area contributed by atoms with Crippen LogP contribution in [0.5, 0.6) is 5.75 Å². The number of esters is 1. The standard InChI is InChI=1S/C18H19NO4S/c1-22-16-5-3-4-14(10-16)18(21)19-15-8-6-13(7-9-15)11-24-12-17(20)23-2/h3-10H,11-12H2,1-2H3,(H,19,21). The molecule has 0 unspecified atom stereocenters. The molecule has 6 heteroatoms. The molecular formula is C18H19NO4S. The van der Waals surface area contributed by atoms with Crippen molar-refractivity contribution in [2.75, 3.05) is 25.3 Å². The lowest BCUT2D eigenvalue weighted by molar-refractivity contribution is -0.137. The number of nitrogens with one attached hydrogen (secondary N) is 1. The molecule has 1 N–H and O–H groups in total. The van der Waals surface area contributed by atoms with Crippen LogP contribution in [0.3, 0.4) is 0 Å². The van der Waals surface area contributed by atoms with Crippen LogP contribution in [0.4, 0.5) is 5.69 Å². The number of methoxy groups -OCH3 is 2. The van der Waals surface area contributed by atoms with Crippen LogP contribution in [0.1, 0.15) is 15.9 Å². The smallest absolute Gasteiger partial charge is 0.315 e. The highest BCUT2D eigenvalue weighted by molar-refractivity contribution is 7.99. The van der Waals surface area contributed by atoms with Gasteiger partial charge in [-0.05, 0) is 35.9 Å². The van der Waals surface area contributed by atoms with Gasteiger partial charge in [-0.15, -0.1) is 11.8 Å². The minimum Gasteiger partial charge on any atom is -0.497 e. The van der Waals surface area contributed by atoms with Gasteiger partial charge < -0.3 is 14.8 Å². The number of carbonyl (C=O) groups is 2. The van der Waals surface area contributed by atoms with Gasteiger partial charge in [0.15, 0.2) is 0 Å².